The fourth-order valence-corrected chi connectivity index (χ4v) is 2.60. The van der Waals surface area contributed by atoms with Crippen LogP contribution in [-0.2, 0) is 6.42 Å². The summed E-state index contributed by atoms with van der Waals surface area (Å²) in [6.45, 7) is 0.704. The van der Waals surface area contributed by atoms with Gasteiger partial charge in [-0.15, -0.1) is 0 Å². The van der Waals surface area contributed by atoms with Crippen LogP contribution in [0.2, 0.25) is 0 Å². The molecular weight excluding hydrogens is 257 g/mol. The molecule has 0 atom stereocenters. The van der Waals surface area contributed by atoms with E-state index in [1.54, 1.807) is 12.1 Å². The molecule has 82 valence electrons. The number of hydrogen-bond donors (Lipinski definition) is 1. The summed E-state index contributed by atoms with van der Waals surface area (Å²) in [5.74, 6) is -0.167. The maximum absolute atomic E-state index is 13.1. The minimum Gasteiger partial charge on any atom is -0.330 e. The van der Waals surface area contributed by atoms with Crippen molar-refractivity contribution in [2.45, 2.75) is 25.7 Å². The Morgan fingerprint density at radius 1 is 1.40 bits per heavy atom. The third kappa shape index (κ3) is 2.23. The number of benzene rings is 1. The lowest BCUT2D eigenvalue weighted by Crippen LogP contribution is -2.39. The minimum absolute atomic E-state index is 0.167. The summed E-state index contributed by atoms with van der Waals surface area (Å²) in [7, 11) is 0. The van der Waals surface area contributed by atoms with Crippen molar-refractivity contribution in [3.8, 4) is 0 Å². The molecule has 0 saturated heterocycles. The van der Waals surface area contributed by atoms with E-state index >= 15 is 0 Å². The van der Waals surface area contributed by atoms with Crippen molar-refractivity contribution in [2.75, 3.05) is 6.54 Å². The normalized spacial score (nSPS) is 18.6. The molecule has 0 heterocycles. The second kappa shape index (κ2) is 4.22. The summed E-state index contributed by atoms with van der Waals surface area (Å²) in [5.41, 5.74) is 7.07. The smallest absolute Gasteiger partial charge is 0.123 e. The molecule has 2 N–H and O–H groups in total. The van der Waals surface area contributed by atoms with E-state index in [1.807, 2.05) is 0 Å². The number of rotatable bonds is 3. The van der Waals surface area contributed by atoms with E-state index in [0.29, 0.717) is 6.54 Å². The Kier molecular flexibility index (Phi) is 3.12. The molecule has 0 radical (unpaired) electrons. The van der Waals surface area contributed by atoms with Gasteiger partial charge in [-0.05, 0) is 55.0 Å². The highest BCUT2D eigenvalue weighted by Gasteiger charge is 2.35. The lowest BCUT2D eigenvalue weighted by atomic mass is 9.65. The van der Waals surface area contributed by atoms with Crippen molar-refractivity contribution in [1.82, 2.24) is 0 Å². The largest absolute Gasteiger partial charge is 0.330 e. The standard InChI is InChI=1S/C12H15BrFN/c13-11-3-2-10(14)6-9(11)7-12(8-15)4-1-5-12/h2-3,6H,1,4-5,7-8,15H2. The summed E-state index contributed by atoms with van der Waals surface area (Å²) >= 11 is 3.46. The maximum Gasteiger partial charge on any atom is 0.123 e. The second-order valence-corrected chi connectivity index (χ2v) is 5.32. The molecule has 0 aromatic heterocycles. The highest BCUT2D eigenvalue weighted by molar-refractivity contribution is 9.10. The zero-order valence-corrected chi connectivity index (χ0v) is 10.2. The fraction of sp³-hybridized carbons (Fsp3) is 0.500. The minimum atomic E-state index is -0.167. The van der Waals surface area contributed by atoms with E-state index in [2.05, 4.69) is 15.9 Å². The lowest BCUT2D eigenvalue weighted by Gasteiger charge is -2.41. The first kappa shape index (κ1) is 11.1. The van der Waals surface area contributed by atoms with Crippen molar-refractivity contribution in [2.24, 2.45) is 11.1 Å². The predicted octanol–water partition coefficient (Wildman–Crippen LogP) is 3.26. The van der Waals surface area contributed by atoms with Crippen LogP contribution in [0.25, 0.3) is 0 Å². The zero-order valence-electron chi connectivity index (χ0n) is 8.60. The van der Waals surface area contributed by atoms with E-state index in [4.69, 9.17) is 5.73 Å². The molecule has 1 aromatic carbocycles. The number of hydrogen-bond acceptors (Lipinski definition) is 1. The molecule has 3 heteroatoms. The van der Waals surface area contributed by atoms with Crippen LogP contribution in [0.3, 0.4) is 0 Å². The Labute approximate surface area is 98.0 Å². The van der Waals surface area contributed by atoms with Crippen molar-refractivity contribution in [3.05, 3.63) is 34.1 Å². The molecule has 1 fully saturated rings. The number of halogens is 2. The van der Waals surface area contributed by atoms with Crippen molar-refractivity contribution in [3.63, 3.8) is 0 Å². The summed E-state index contributed by atoms with van der Waals surface area (Å²) in [6, 6.07) is 4.86. The average Bonchev–Trinajstić information content (AvgIpc) is 2.17. The van der Waals surface area contributed by atoms with Gasteiger partial charge in [0, 0.05) is 4.47 Å². The van der Waals surface area contributed by atoms with Gasteiger partial charge in [-0.1, -0.05) is 22.4 Å². The summed E-state index contributed by atoms with van der Waals surface area (Å²) in [4.78, 5) is 0. The molecule has 0 unspecified atom stereocenters. The van der Waals surface area contributed by atoms with E-state index in [0.717, 1.165) is 16.5 Å². The Bertz CT molecular complexity index is 355. The topological polar surface area (TPSA) is 26.0 Å². The first-order valence-electron chi connectivity index (χ1n) is 5.29. The SMILES string of the molecule is NCC1(Cc2cc(F)ccc2Br)CCC1. The van der Waals surface area contributed by atoms with Gasteiger partial charge in [0.15, 0.2) is 0 Å². The number of nitrogens with two attached hydrogens (primary N) is 1. The van der Waals surface area contributed by atoms with Gasteiger partial charge < -0.3 is 5.73 Å². The molecule has 15 heavy (non-hydrogen) atoms. The zero-order chi connectivity index (χ0) is 10.9. The maximum atomic E-state index is 13.1. The lowest BCUT2D eigenvalue weighted by molar-refractivity contribution is 0.144. The van der Waals surface area contributed by atoms with Gasteiger partial charge in [0.05, 0.1) is 0 Å². The Hall–Kier alpha value is -0.410. The Balaban J connectivity index is 2.19. The average molecular weight is 272 g/mol. The summed E-state index contributed by atoms with van der Waals surface area (Å²) in [6.07, 6.45) is 4.49. The van der Waals surface area contributed by atoms with Crippen LogP contribution >= 0.6 is 15.9 Å². The molecule has 0 amide bonds. The Morgan fingerprint density at radius 2 is 2.13 bits per heavy atom. The van der Waals surface area contributed by atoms with Crippen LogP contribution < -0.4 is 5.73 Å². The van der Waals surface area contributed by atoms with Gasteiger partial charge in [0.25, 0.3) is 0 Å². The van der Waals surface area contributed by atoms with E-state index in [-0.39, 0.29) is 11.2 Å². The van der Waals surface area contributed by atoms with E-state index in [1.165, 1.54) is 25.3 Å². The molecule has 1 aromatic rings. The van der Waals surface area contributed by atoms with Gasteiger partial charge in [0.1, 0.15) is 5.82 Å². The quantitative estimate of drug-likeness (QED) is 0.898. The predicted molar refractivity (Wildman–Crippen MR) is 63.1 cm³/mol. The monoisotopic (exact) mass is 271 g/mol. The van der Waals surface area contributed by atoms with Crippen molar-refractivity contribution >= 4 is 15.9 Å². The van der Waals surface area contributed by atoms with Gasteiger partial charge >= 0.3 is 0 Å². The van der Waals surface area contributed by atoms with Crippen LogP contribution in [-0.4, -0.2) is 6.54 Å². The van der Waals surface area contributed by atoms with Crippen molar-refractivity contribution in [1.29, 1.82) is 0 Å². The van der Waals surface area contributed by atoms with Crippen LogP contribution in [0.15, 0.2) is 22.7 Å². The summed E-state index contributed by atoms with van der Waals surface area (Å²) in [5, 5.41) is 0. The molecular formula is C12H15BrFN. The first-order chi connectivity index (χ1) is 7.15. The highest BCUT2D eigenvalue weighted by atomic mass is 79.9. The molecule has 1 saturated carbocycles. The third-order valence-corrected chi connectivity index (χ3v) is 4.19. The second-order valence-electron chi connectivity index (χ2n) is 4.47. The molecule has 1 aliphatic carbocycles. The molecule has 2 rings (SSSR count). The molecule has 0 aliphatic heterocycles. The van der Waals surface area contributed by atoms with Gasteiger partial charge in [0.2, 0.25) is 0 Å². The van der Waals surface area contributed by atoms with Crippen LogP contribution in [0.5, 0.6) is 0 Å². The van der Waals surface area contributed by atoms with Crippen LogP contribution in [0.4, 0.5) is 4.39 Å². The molecule has 1 nitrogen and oxygen atoms in total. The Morgan fingerprint density at radius 3 is 2.67 bits per heavy atom. The molecule has 1 aliphatic rings. The fourth-order valence-electron chi connectivity index (χ4n) is 2.21. The molecule has 0 spiro atoms. The van der Waals surface area contributed by atoms with E-state index < -0.39 is 0 Å². The van der Waals surface area contributed by atoms with Gasteiger partial charge in [-0.3, -0.25) is 0 Å². The summed E-state index contributed by atoms with van der Waals surface area (Å²) < 4.78 is 14.1. The van der Waals surface area contributed by atoms with Gasteiger partial charge in [-0.25, -0.2) is 4.39 Å². The van der Waals surface area contributed by atoms with E-state index in [9.17, 15) is 4.39 Å². The first-order valence-corrected chi connectivity index (χ1v) is 6.09. The highest BCUT2D eigenvalue weighted by Crippen LogP contribution is 2.43. The van der Waals surface area contributed by atoms with Crippen LogP contribution in [0.1, 0.15) is 24.8 Å². The molecule has 0 bridgehead atoms. The van der Waals surface area contributed by atoms with Gasteiger partial charge in [-0.2, -0.15) is 0 Å². The van der Waals surface area contributed by atoms with Crippen LogP contribution in [0, 0.1) is 11.2 Å². The van der Waals surface area contributed by atoms with Crippen molar-refractivity contribution < 1.29 is 4.39 Å². The third-order valence-electron chi connectivity index (χ3n) is 3.42.